The third-order valence-electron chi connectivity index (χ3n) is 2.03. The summed E-state index contributed by atoms with van der Waals surface area (Å²) in [4.78, 5) is 13.1. The first-order valence-corrected chi connectivity index (χ1v) is 4.46. The van der Waals surface area contributed by atoms with Gasteiger partial charge in [0.25, 0.3) is 0 Å². The Hall–Kier alpha value is -1.21. The molecule has 0 aromatic carbocycles. The van der Waals surface area contributed by atoms with Gasteiger partial charge in [0.2, 0.25) is 0 Å². The van der Waals surface area contributed by atoms with E-state index in [1.807, 2.05) is 0 Å². The van der Waals surface area contributed by atoms with Crippen LogP contribution < -0.4 is 5.84 Å². The molecule has 4 nitrogen and oxygen atoms in total. The molecule has 1 aliphatic heterocycles. The zero-order valence-corrected chi connectivity index (χ0v) is 7.92. The molecular formula is C9H15N3O. The molecule has 0 aliphatic carbocycles. The average molecular weight is 181 g/mol. The minimum Gasteiger partial charge on any atom is -0.323 e. The lowest BCUT2D eigenvalue weighted by Gasteiger charge is -2.32. The van der Waals surface area contributed by atoms with E-state index in [0.717, 1.165) is 19.4 Å². The lowest BCUT2D eigenvalue weighted by atomic mass is 10.3. The summed E-state index contributed by atoms with van der Waals surface area (Å²) in [5.74, 6) is 11.2. The molecule has 4 heteroatoms. The van der Waals surface area contributed by atoms with Crippen LogP contribution in [0.3, 0.4) is 0 Å². The van der Waals surface area contributed by atoms with Crippen LogP contribution in [0.25, 0.3) is 0 Å². The fourth-order valence-corrected chi connectivity index (χ4v) is 1.33. The van der Waals surface area contributed by atoms with Crippen LogP contribution in [0.1, 0.15) is 19.8 Å². The molecule has 1 rings (SSSR count). The highest BCUT2D eigenvalue weighted by atomic mass is 16.2. The maximum absolute atomic E-state index is 11.4. The number of amides is 2. The lowest BCUT2D eigenvalue weighted by Crippen LogP contribution is -2.52. The Bertz CT molecular complexity index is 241. The molecule has 72 valence electrons. The molecule has 0 aromatic heterocycles. The molecule has 1 aliphatic rings. The van der Waals surface area contributed by atoms with Crippen LogP contribution in [-0.2, 0) is 0 Å². The smallest absolute Gasteiger partial charge is 0.323 e. The van der Waals surface area contributed by atoms with E-state index in [1.54, 1.807) is 11.8 Å². The number of carbonyl (C=O) groups excluding carboxylic acids is 1. The first-order valence-electron chi connectivity index (χ1n) is 4.46. The monoisotopic (exact) mass is 181 g/mol. The quantitative estimate of drug-likeness (QED) is 0.381. The number of nitrogens with two attached hydrogens (primary N) is 1. The van der Waals surface area contributed by atoms with E-state index < -0.39 is 0 Å². The standard InChI is InChI=1S/C9H15N3O/c1-2-3-4-6-11-7-5-8-12(10)9(11)13/h4-8,10H2,1H3. The fraction of sp³-hybridized carbons (Fsp3) is 0.667. The Morgan fingerprint density at radius 2 is 2.31 bits per heavy atom. The first kappa shape index (κ1) is 9.87. The van der Waals surface area contributed by atoms with Gasteiger partial charge in [0.05, 0.1) is 0 Å². The van der Waals surface area contributed by atoms with Gasteiger partial charge in [-0.1, -0.05) is 0 Å². The van der Waals surface area contributed by atoms with Crippen LogP contribution in [0.2, 0.25) is 0 Å². The maximum atomic E-state index is 11.4. The van der Waals surface area contributed by atoms with Gasteiger partial charge in [-0.05, 0) is 13.3 Å². The van der Waals surface area contributed by atoms with Gasteiger partial charge in [-0.2, -0.15) is 0 Å². The summed E-state index contributed by atoms with van der Waals surface area (Å²) in [6, 6.07) is -0.0795. The highest BCUT2D eigenvalue weighted by Gasteiger charge is 2.21. The summed E-state index contributed by atoms with van der Waals surface area (Å²) >= 11 is 0. The van der Waals surface area contributed by atoms with E-state index in [0.29, 0.717) is 13.1 Å². The Morgan fingerprint density at radius 3 is 3.00 bits per heavy atom. The second-order valence-corrected chi connectivity index (χ2v) is 2.99. The van der Waals surface area contributed by atoms with Crippen molar-refractivity contribution in [2.75, 3.05) is 19.6 Å². The SMILES string of the molecule is CC#CCCN1CCCN(N)C1=O. The highest BCUT2D eigenvalue weighted by Crippen LogP contribution is 2.05. The minimum absolute atomic E-state index is 0.0795. The summed E-state index contributed by atoms with van der Waals surface area (Å²) in [5, 5.41) is 1.27. The van der Waals surface area contributed by atoms with Gasteiger partial charge in [0.15, 0.2) is 0 Å². The molecular weight excluding hydrogens is 166 g/mol. The van der Waals surface area contributed by atoms with Crippen molar-refractivity contribution in [2.45, 2.75) is 19.8 Å². The zero-order valence-electron chi connectivity index (χ0n) is 7.92. The van der Waals surface area contributed by atoms with E-state index >= 15 is 0 Å². The zero-order chi connectivity index (χ0) is 9.68. The second-order valence-electron chi connectivity index (χ2n) is 2.99. The number of hydrogen-bond donors (Lipinski definition) is 1. The topological polar surface area (TPSA) is 49.6 Å². The molecule has 13 heavy (non-hydrogen) atoms. The molecule has 0 saturated carbocycles. The lowest BCUT2D eigenvalue weighted by molar-refractivity contribution is 0.131. The summed E-state index contributed by atoms with van der Waals surface area (Å²) in [5.41, 5.74) is 0. The maximum Gasteiger partial charge on any atom is 0.334 e. The number of hydrogen-bond acceptors (Lipinski definition) is 2. The van der Waals surface area contributed by atoms with Crippen LogP contribution in [-0.4, -0.2) is 35.6 Å². The normalized spacial score (nSPS) is 16.9. The molecule has 2 amide bonds. The van der Waals surface area contributed by atoms with Crippen LogP contribution in [0.5, 0.6) is 0 Å². The van der Waals surface area contributed by atoms with Gasteiger partial charge in [-0.25, -0.2) is 10.6 Å². The second kappa shape index (κ2) is 4.73. The number of nitrogens with zero attached hydrogens (tertiary/aromatic N) is 2. The first-order chi connectivity index (χ1) is 6.25. The van der Waals surface area contributed by atoms with Gasteiger partial charge in [0.1, 0.15) is 0 Å². The number of carbonyl (C=O) groups is 1. The molecule has 0 atom stereocenters. The Labute approximate surface area is 78.6 Å². The summed E-state index contributed by atoms with van der Waals surface area (Å²) in [7, 11) is 0. The summed E-state index contributed by atoms with van der Waals surface area (Å²) in [6.07, 6.45) is 1.68. The van der Waals surface area contributed by atoms with Crippen molar-refractivity contribution >= 4 is 6.03 Å². The van der Waals surface area contributed by atoms with Crippen molar-refractivity contribution in [3.8, 4) is 11.8 Å². The van der Waals surface area contributed by atoms with Gasteiger partial charge >= 0.3 is 6.03 Å². The largest absolute Gasteiger partial charge is 0.334 e. The van der Waals surface area contributed by atoms with Crippen molar-refractivity contribution in [1.29, 1.82) is 0 Å². The van der Waals surface area contributed by atoms with Crippen molar-refractivity contribution < 1.29 is 4.79 Å². The van der Waals surface area contributed by atoms with Crippen molar-refractivity contribution in [1.82, 2.24) is 9.91 Å². The van der Waals surface area contributed by atoms with E-state index in [9.17, 15) is 4.79 Å². The molecule has 0 radical (unpaired) electrons. The predicted molar refractivity (Wildman–Crippen MR) is 50.5 cm³/mol. The number of rotatable bonds is 2. The van der Waals surface area contributed by atoms with Gasteiger partial charge in [-0.15, -0.1) is 11.8 Å². The molecule has 0 unspecified atom stereocenters. The molecule has 0 aromatic rings. The predicted octanol–water partition coefficient (Wildman–Crippen LogP) is 0.401. The van der Waals surface area contributed by atoms with Gasteiger partial charge in [-0.3, -0.25) is 5.01 Å². The van der Waals surface area contributed by atoms with Gasteiger partial charge in [0, 0.05) is 26.1 Å². The summed E-state index contributed by atoms with van der Waals surface area (Å²) in [6.45, 7) is 3.95. The van der Waals surface area contributed by atoms with E-state index in [-0.39, 0.29) is 6.03 Å². The van der Waals surface area contributed by atoms with Crippen molar-refractivity contribution in [3.63, 3.8) is 0 Å². The molecule has 0 spiro atoms. The number of hydrazine groups is 1. The van der Waals surface area contributed by atoms with E-state index in [2.05, 4.69) is 11.8 Å². The van der Waals surface area contributed by atoms with Crippen LogP contribution in [0.4, 0.5) is 4.79 Å². The molecule has 1 heterocycles. The summed E-state index contributed by atoms with van der Waals surface area (Å²) < 4.78 is 0. The Kier molecular flexibility index (Phi) is 3.59. The van der Waals surface area contributed by atoms with Crippen LogP contribution in [0, 0.1) is 11.8 Å². The van der Waals surface area contributed by atoms with Crippen molar-refractivity contribution in [2.24, 2.45) is 5.84 Å². The molecule has 2 N–H and O–H groups in total. The minimum atomic E-state index is -0.0795. The molecule has 0 bridgehead atoms. The molecule has 1 saturated heterocycles. The highest BCUT2D eigenvalue weighted by molar-refractivity contribution is 5.74. The van der Waals surface area contributed by atoms with E-state index in [4.69, 9.17) is 5.84 Å². The Balaban J connectivity index is 2.38. The Morgan fingerprint density at radius 1 is 1.54 bits per heavy atom. The number of urea groups is 1. The van der Waals surface area contributed by atoms with E-state index in [1.165, 1.54) is 5.01 Å². The molecule has 1 fully saturated rings. The van der Waals surface area contributed by atoms with Crippen molar-refractivity contribution in [3.05, 3.63) is 0 Å². The van der Waals surface area contributed by atoms with Crippen LogP contribution in [0.15, 0.2) is 0 Å². The third kappa shape index (κ3) is 2.63. The average Bonchev–Trinajstić information content (AvgIpc) is 2.13. The van der Waals surface area contributed by atoms with Crippen LogP contribution >= 0.6 is 0 Å². The third-order valence-corrected chi connectivity index (χ3v) is 2.03. The fourth-order valence-electron chi connectivity index (χ4n) is 1.33. The van der Waals surface area contributed by atoms with Gasteiger partial charge < -0.3 is 4.90 Å².